The van der Waals surface area contributed by atoms with Crippen molar-refractivity contribution < 1.29 is 24.1 Å². The fourth-order valence-corrected chi connectivity index (χ4v) is 3.43. The van der Waals surface area contributed by atoms with Crippen LogP contribution in [0.15, 0.2) is 55.0 Å². The molecular formula is C21H16N4O7. The molecule has 11 heteroatoms. The van der Waals surface area contributed by atoms with Crippen LogP contribution in [0.4, 0.5) is 11.4 Å². The van der Waals surface area contributed by atoms with Crippen molar-refractivity contribution in [3.63, 3.8) is 0 Å². The van der Waals surface area contributed by atoms with E-state index in [4.69, 9.17) is 9.47 Å². The molecule has 32 heavy (non-hydrogen) atoms. The number of hydrogen-bond donors (Lipinski definition) is 1. The summed E-state index contributed by atoms with van der Waals surface area (Å²) in [6.45, 7) is 0.531. The van der Waals surface area contributed by atoms with E-state index in [0.717, 1.165) is 11.3 Å². The van der Waals surface area contributed by atoms with Crippen molar-refractivity contribution in [2.75, 3.05) is 13.2 Å². The number of carbonyl (C=O) groups excluding carboxylic acids is 1. The average molecular weight is 436 g/mol. The zero-order valence-electron chi connectivity index (χ0n) is 16.5. The third kappa shape index (κ3) is 3.90. The molecule has 0 bridgehead atoms. The Balaban J connectivity index is 0.000000158. The van der Waals surface area contributed by atoms with E-state index in [-0.39, 0.29) is 35.9 Å². The number of hydrogen-bond acceptors (Lipinski definition) is 8. The number of Topliss-reactive ketones (excluding diaryl/α,β-unsaturated/α-hetero) is 1. The fraction of sp³-hybridized carbons (Fsp3) is 0.143. The molecule has 0 unspecified atom stereocenters. The van der Waals surface area contributed by atoms with E-state index in [1.807, 2.05) is 6.08 Å². The van der Waals surface area contributed by atoms with Gasteiger partial charge in [0.05, 0.1) is 40.2 Å². The van der Waals surface area contributed by atoms with Gasteiger partial charge in [0.1, 0.15) is 6.61 Å². The van der Waals surface area contributed by atoms with E-state index in [1.165, 1.54) is 18.2 Å². The minimum Gasteiger partial charge on any atom is -0.486 e. The molecule has 1 aromatic heterocycles. The number of rotatable bonds is 3. The highest BCUT2D eigenvalue weighted by molar-refractivity contribution is 6.00. The third-order valence-corrected chi connectivity index (χ3v) is 4.85. The molecule has 0 radical (unpaired) electrons. The highest BCUT2D eigenvalue weighted by atomic mass is 16.6. The maximum absolute atomic E-state index is 11.4. The molecule has 3 aromatic rings. The molecule has 5 rings (SSSR count). The summed E-state index contributed by atoms with van der Waals surface area (Å²) in [5, 5.41) is 21.5. The molecule has 0 amide bonds. The Morgan fingerprint density at radius 2 is 1.59 bits per heavy atom. The lowest BCUT2D eigenvalue weighted by Gasteiger charge is -2.17. The second kappa shape index (κ2) is 8.68. The number of ketones is 1. The number of H-pyrrole nitrogens is 1. The molecule has 0 aliphatic carbocycles. The standard InChI is InChI=1S/C12H9N3O3.C9H7NO4/c16-15(17)11-3-1-2-9-8(4-5-18-12(9)11)10-6-13-7-14-10;11-8-4-5-14-9-6(8)2-1-3-7(9)10(12)13/h1-4,6-7H,5H2,(H,13,14);1-3H,4-5H2. The quantitative estimate of drug-likeness (QED) is 0.482. The van der Waals surface area contributed by atoms with E-state index in [1.54, 1.807) is 30.7 Å². The molecule has 0 atom stereocenters. The predicted molar refractivity (Wildman–Crippen MR) is 112 cm³/mol. The molecule has 0 saturated carbocycles. The zero-order chi connectivity index (χ0) is 22.7. The molecule has 2 aliphatic heterocycles. The van der Waals surface area contributed by atoms with Crippen LogP contribution in [0.5, 0.6) is 11.5 Å². The maximum atomic E-state index is 11.4. The molecule has 0 saturated heterocycles. The monoisotopic (exact) mass is 436 g/mol. The van der Waals surface area contributed by atoms with Gasteiger partial charge in [0.15, 0.2) is 5.78 Å². The third-order valence-electron chi connectivity index (χ3n) is 4.85. The van der Waals surface area contributed by atoms with E-state index in [9.17, 15) is 25.0 Å². The topological polar surface area (TPSA) is 150 Å². The van der Waals surface area contributed by atoms with Gasteiger partial charge < -0.3 is 14.5 Å². The van der Waals surface area contributed by atoms with Gasteiger partial charge in [-0.3, -0.25) is 25.0 Å². The minimum absolute atomic E-state index is 0.0161. The number of nitro benzene ring substituents is 2. The first-order valence-corrected chi connectivity index (χ1v) is 9.50. The van der Waals surface area contributed by atoms with Gasteiger partial charge >= 0.3 is 11.4 Å². The average Bonchev–Trinajstić information content (AvgIpc) is 3.33. The van der Waals surface area contributed by atoms with Crippen LogP contribution in [0.2, 0.25) is 0 Å². The Labute approximate surface area is 180 Å². The number of fused-ring (bicyclic) bond motifs is 2. The van der Waals surface area contributed by atoms with Gasteiger partial charge in [-0.2, -0.15) is 0 Å². The summed E-state index contributed by atoms with van der Waals surface area (Å²) in [5.41, 5.74) is 2.55. The number of imidazole rings is 1. The zero-order valence-corrected chi connectivity index (χ0v) is 16.5. The lowest BCUT2D eigenvalue weighted by molar-refractivity contribution is -0.386. The predicted octanol–water partition coefficient (Wildman–Crippen LogP) is 3.70. The minimum atomic E-state index is -0.544. The normalized spacial score (nSPS) is 13.9. The molecule has 0 fully saturated rings. The van der Waals surface area contributed by atoms with Gasteiger partial charge in [0, 0.05) is 29.7 Å². The van der Waals surface area contributed by atoms with Crippen LogP contribution in [0.1, 0.15) is 28.0 Å². The number of nitrogens with zero attached hydrogens (tertiary/aromatic N) is 3. The molecular weight excluding hydrogens is 420 g/mol. The van der Waals surface area contributed by atoms with Crippen LogP contribution in [-0.4, -0.2) is 38.8 Å². The summed E-state index contributed by atoms with van der Waals surface area (Å²) in [4.78, 5) is 38.9. The number of nitrogens with one attached hydrogen (secondary N) is 1. The van der Waals surface area contributed by atoms with Crippen molar-refractivity contribution in [2.24, 2.45) is 0 Å². The number of benzene rings is 2. The molecule has 162 valence electrons. The summed E-state index contributed by atoms with van der Waals surface area (Å²) >= 11 is 0. The molecule has 1 N–H and O–H groups in total. The van der Waals surface area contributed by atoms with Gasteiger partial charge in [-0.15, -0.1) is 0 Å². The molecule has 2 aliphatic rings. The summed E-state index contributed by atoms with van der Waals surface area (Å²) < 4.78 is 10.5. The van der Waals surface area contributed by atoms with Gasteiger partial charge in [0.25, 0.3) is 0 Å². The molecule has 0 spiro atoms. The molecule has 2 aromatic carbocycles. The van der Waals surface area contributed by atoms with E-state index in [2.05, 4.69) is 9.97 Å². The van der Waals surface area contributed by atoms with Gasteiger partial charge in [-0.25, -0.2) is 4.98 Å². The van der Waals surface area contributed by atoms with Gasteiger partial charge in [-0.1, -0.05) is 18.2 Å². The van der Waals surface area contributed by atoms with E-state index >= 15 is 0 Å². The number of carbonyl (C=O) groups is 1. The fourth-order valence-electron chi connectivity index (χ4n) is 3.43. The second-order valence-corrected chi connectivity index (χ2v) is 6.74. The number of aromatic nitrogens is 2. The van der Waals surface area contributed by atoms with E-state index in [0.29, 0.717) is 23.5 Å². The lowest BCUT2D eigenvalue weighted by atomic mass is 9.99. The second-order valence-electron chi connectivity index (χ2n) is 6.74. The van der Waals surface area contributed by atoms with Crippen molar-refractivity contribution in [1.29, 1.82) is 0 Å². The van der Waals surface area contributed by atoms with Gasteiger partial charge in [-0.05, 0) is 12.1 Å². The maximum Gasteiger partial charge on any atom is 0.311 e. The Hall–Kier alpha value is -4.54. The Morgan fingerprint density at radius 3 is 2.22 bits per heavy atom. The molecule has 11 nitrogen and oxygen atoms in total. The number of ether oxygens (including phenoxy) is 2. The van der Waals surface area contributed by atoms with Crippen molar-refractivity contribution in [3.05, 3.63) is 92.0 Å². The van der Waals surface area contributed by atoms with Crippen molar-refractivity contribution in [2.45, 2.75) is 6.42 Å². The van der Waals surface area contributed by atoms with Crippen LogP contribution in [0.25, 0.3) is 5.57 Å². The Kier molecular flexibility index (Phi) is 5.62. The van der Waals surface area contributed by atoms with Crippen molar-refractivity contribution >= 4 is 22.7 Å². The van der Waals surface area contributed by atoms with Crippen molar-refractivity contribution in [3.8, 4) is 11.5 Å². The number of para-hydroxylation sites is 2. The van der Waals surface area contributed by atoms with Gasteiger partial charge in [0.2, 0.25) is 11.5 Å². The van der Waals surface area contributed by atoms with Crippen LogP contribution in [-0.2, 0) is 0 Å². The highest BCUT2D eigenvalue weighted by Gasteiger charge is 2.26. The summed E-state index contributed by atoms with van der Waals surface area (Å²) in [7, 11) is 0. The Bertz CT molecular complexity index is 1220. The SMILES string of the molecule is O=C1CCOc2c1cccc2[N+](=O)[O-].O=[N+]([O-])c1cccc2c1OCC=C2c1cnc[nH]1. The number of aromatic amines is 1. The van der Waals surface area contributed by atoms with Crippen molar-refractivity contribution in [1.82, 2.24) is 9.97 Å². The first-order chi connectivity index (χ1) is 15.5. The lowest BCUT2D eigenvalue weighted by Crippen LogP contribution is -2.16. The smallest absolute Gasteiger partial charge is 0.311 e. The number of nitro groups is 2. The van der Waals surface area contributed by atoms with Crippen LogP contribution in [0.3, 0.4) is 0 Å². The van der Waals surface area contributed by atoms with Crippen LogP contribution < -0.4 is 9.47 Å². The van der Waals surface area contributed by atoms with E-state index < -0.39 is 9.85 Å². The molecule has 3 heterocycles. The van der Waals surface area contributed by atoms with Crippen LogP contribution >= 0.6 is 0 Å². The Morgan fingerprint density at radius 1 is 0.938 bits per heavy atom. The highest BCUT2D eigenvalue weighted by Crippen LogP contribution is 2.39. The first kappa shape index (κ1) is 20.7. The summed E-state index contributed by atoms with van der Waals surface area (Å²) in [6.07, 6.45) is 5.41. The summed E-state index contributed by atoms with van der Waals surface area (Å²) in [6, 6.07) is 9.25. The summed E-state index contributed by atoms with van der Waals surface area (Å²) in [5.74, 6) is 0.318. The largest absolute Gasteiger partial charge is 0.486 e. The van der Waals surface area contributed by atoms with Crippen LogP contribution in [0, 0.1) is 20.2 Å². The first-order valence-electron chi connectivity index (χ1n) is 9.50.